The second-order valence-electron chi connectivity index (χ2n) is 27.7. The topological polar surface area (TPSA) is 108 Å². The number of hydrogen-bond acceptors (Lipinski definition) is 7. The summed E-state index contributed by atoms with van der Waals surface area (Å²) >= 11 is 0. The van der Waals surface area contributed by atoms with E-state index in [2.05, 4.69) is 74.6 Å². The minimum Gasteiger partial charge on any atom is -0.462 e. The van der Waals surface area contributed by atoms with Crippen molar-refractivity contribution in [1.29, 1.82) is 0 Å². The zero-order chi connectivity index (χ0) is 65.5. The van der Waals surface area contributed by atoms with Crippen LogP contribution in [0, 0.1) is 0 Å². The van der Waals surface area contributed by atoms with Crippen LogP contribution in [-0.4, -0.2) is 74.9 Å². The van der Waals surface area contributed by atoms with Crippen LogP contribution in [-0.2, 0) is 32.7 Å². The molecular formula is C80H151NO8P+. The maximum Gasteiger partial charge on any atom is 0.472 e. The Bertz CT molecular complexity index is 1700. The lowest BCUT2D eigenvalue weighted by molar-refractivity contribution is -0.870. The van der Waals surface area contributed by atoms with E-state index < -0.39 is 26.5 Å². The summed E-state index contributed by atoms with van der Waals surface area (Å²) in [7, 11) is 1.50. The summed E-state index contributed by atoms with van der Waals surface area (Å²) in [6, 6.07) is 0. The maximum absolute atomic E-state index is 12.9. The van der Waals surface area contributed by atoms with Crippen molar-refractivity contribution in [3.05, 3.63) is 60.8 Å². The van der Waals surface area contributed by atoms with Gasteiger partial charge in [0.15, 0.2) is 6.10 Å². The van der Waals surface area contributed by atoms with Crippen LogP contribution in [0.25, 0.3) is 0 Å². The number of phosphoric ester groups is 1. The molecule has 0 aromatic heterocycles. The molecule has 0 aromatic carbocycles. The molecule has 0 spiro atoms. The average Bonchev–Trinajstić information content (AvgIpc) is 3.58. The van der Waals surface area contributed by atoms with E-state index in [-0.39, 0.29) is 25.6 Å². The molecule has 0 aliphatic heterocycles. The van der Waals surface area contributed by atoms with Crippen LogP contribution in [0.2, 0.25) is 0 Å². The molecule has 0 rings (SSSR count). The van der Waals surface area contributed by atoms with Gasteiger partial charge in [-0.05, 0) is 83.5 Å². The number of carbonyl (C=O) groups excluding carboxylic acids is 2. The number of phosphoric acid groups is 1. The molecular weight excluding hydrogens is 1130 g/mol. The van der Waals surface area contributed by atoms with Gasteiger partial charge in [-0.2, -0.15) is 0 Å². The smallest absolute Gasteiger partial charge is 0.462 e. The van der Waals surface area contributed by atoms with Crippen molar-refractivity contribution in [1.82, 2.24) is 0 Å². The number of allylic oxidation sites excluding steroid dienone is 10. The molecule has 0 bridgehead atoms. The van der Waals surface area contributed by atoms with Crippen molar-refractivity contribution >= 4 is 19.8 Å². The normalized spacial score (nSPS) is 13.4. The van der Waals surface area contributed by atoms with Crippen LogP contribution in [0.1, 0.15) is 386 Å². The highest BCUT2D eigenvalue weighted by Crippen LogP contribution is 2.43. The van der Waals surface area contributed by atoms with E-state index in [1.807, 2.05) is 21.1 Å². The van der Waals surface area contributed by atoms with E-state index in [9.17, 15) is 19.0 Å². The van der Waals surface area contributed by atoms with Crippen LogP contribution >= 0.6 is 7.82 Å². The molecule has 1 N–H and O–H groups in total. The Kier molecular flexibility index (Phi) is 69.2. The summed E-state index contributed by atoms with van der Waals surface area (Å²) in [5.41, 5.74) is 0. The second kappa shape index (κ2) is 71.0. The van der Waals surface area contributed by atoms with Crippen LogP contribution in [0.15, 0.2) is 60.8 Å². The molecule has 0 aliphatic carbocycles. The molecule has 0 aliphatic rings. The SMILES string of the molecule is CCCCCCC/C=C\C/C=C\C/C=C\CCCCCCCCCCCCCCCCCCCCCCCCC(=O)OC(COC(=O)CCCCCCCCCCCCCCCCCCC/C=C\C/C=C\CCCCCCC)COP(=O)(O)OCC[N+](C)(C)C. The van der Waals surface area contributed by atoms with Crippen LogP contribution in [0.3, 0.4) is 0 Å². The van der Waals surface area contributed by atoms with E-state index >= 15 is 0 Å². The minimum absolute atomic E-state index is 0.0335. The molecule has 10 heteroatoms. The number of rotatable bonds is 73. The zero-order valence-corrected chi connectivity index (χ0v) is 61.3. The third kappa shape index (κ3) is 74.7. The van der Waals surface area contributed by atoms with Crippen molar-refractivity contribution < 1.29 is 42.1 Å². The standard InChI is InChI=1S/C80H150NO8P/c1-6-8-10-12-14-16-18-20-22-24-26-28-30-32-34-36-37-38-39-40-41-42-43-45-47-49-51-53-55-57-59-61-63-65-67-69-71-73-80(83)89-78(77-88-90(84,85)87-75-74-81(3,4)5)76-86-79(82)72-70-68-66-64-62-60-58-56-54-52-50-48-46-44-35-33-31-29-27-25-23-21-19-17-15-13-11-9-7-2/h18-21,24-27,30,32,78H,6-17,22-23,28-29,31,33-77H2,1-5H3/p+1/b20-18-,21-19-,26-24-,27-25-,32-30-. The minimum atomic E-state index is -4.39. The Labute approximate surface area is 559 Å². The van der Waals surface area contributed by atoms with Gasteiger partial charge in [0.2, 0.25) is 0 Å². The first-order chi connectivity index (χ1) is 44.0. The summed E-state index contributed by atoms with van der Waals surface area (Å²) in [5, 5.41) is 0. The van der Waals surface area contributed by atoms with Crippen LogP contribution in [0.4, 0.5) is 0 Å². The van der Waals surface area contributed by atoms with E-state index in [4.69, 9.17) is 18.5 Å². The molecule has 2 atom stereocenters. The molecule has 0 saturated carbocycles. The Morgan fingerprint density at radius 2 is 0.600 bits per heavy atom. The average molecular weight is 1290 g/mol. The quantitative estimate of drug-likeness (QED) is 0.0211. The van der Waals surface area contributed by atoms with E-state index in [1.54, 1.807) is 0 Å². The van der Waals surface area contributed by atoms with Crippen molar-refractivity contribution in [3.8, 4) is 0 Å². The largest absolute Gasteiger partial charge is 0.472 e. The molecule has 0 saturated heterocycles. The van der Waals surface area contributed by atoms with E-state index in [0.29, 0.717) is 23.9 Å². The van der Waals surface area contributed by atoms with Gasteiger partial charge >= 0.3 is 19.8 Å². The molecule has 0 aromatic rings. The lowest BCUT2D eigenvalue weighted by Crippen LogP contribution is -2.37. The molecule has 0 heterocycles. The summed E-state index contributed by atoms with van der Waals surface area (Å²) in [6.45, 7) is 4.48. The highest BCUT2D eigenvalue weighted by Gasteiger charge is 2.27. The van der Waals surface area contributed by atoms with Crippen molar-refractivity contribution in [2.45, 2.75) is 392 Å². The third-order valence-corrected chi connectivity index (χ3v) is 18.5. The number of hydrogen-bond donors (Lipinski definition) is 1. The fraction of sp³-hybridized carbons (Fsp3) is 0.850. The number of quaternary nitrogens is 1. The fourth-order valence-corrected chi connectivity index (χ4v) is 12.3. The summed E-state index contributed by atoms with van der Waals surface area (Å²) in [4.78, 5) is 36.0. The van der Waals surface area contributed by atoms with Gasteiger partial charge in [-0.15, -0.1) is 0 Å². The van der Waals surface area contributed by atoms with Gasteiger partial charge in [0, 0.05) is 12.8 Å². The first-order valence-corrected chi connectivity index (χ1v) is 40.5. The molecule has 0 amide bonds. The molecule has 90 heavy (non-hydrogen) atoms. The summed E-state index contributed by atoms with van der Waals surface area (Å²) < 4.78 is 34.8. The lowest BCUT2D eigenvalue weighted by atomic mass is 10.0. The van der Waals surface area contributed by atoms with Crippen LogP contribution in [0.5, 0.6) is 0 Å². The zero-order valence-electron chi connectivity index (χ0n) is 60.4. The Balaban J connectivity index is 3.94. The number of nitrogens with zero attached hydrogens (tertiary/aromatic N) is 1. The van der Waals surface area contributed by atoms with E-state index in [1.165, 1.54) is 302 Å². The van der Waals surface area contributed by atoms with Gasteiger partial charge in [-0.25, -0.2) is 4.57 Å². The van der Waals surface area contributed by atoms with Gasteiger partial charge < -0.3 is 18.9 Å². The highest BCUT2D eigenvalue weighted by atomic mass is 31.2. The number of unbranched alkanes of at least 4 members (excludes halogenated alkanes) is 49. The first-order valence-electron chi connectivity index (χ1n) is 39.0. The third-order valence-electron chi connectivity index (χ3n) is 17.5. The molecule has 0 radical (unpaired) electrons. The van der Waals surface area contributed by atoms with Gasteiger partial charge in [0.25, 0.3) is 0 Å². The van der Waals surface area contributed by atoms with E-state index in [0.717, 1.165) is 51.4 Å². The predicted octanol–water partition coefficient (Wildman–Crippen LogP) is 25.7. The highest BCUT2D eigenvalue weighted by molar-refractivity contribution is 7.47. The summed E-state index contributed by atoms with van der Waals surface area (Å²) in [5.74, 6) is -0.776. The molecule has 2 unspecified atom stereocenters. The van der Waals surface area contributed by atoms with Gasteiger partial charge in [-0.3, -0.25) is 18.6 Å². The Morgan fingerprint density at radius 3 is 0.889 bits per heavy atom. The number of carbonyl (C=O) groups is 2. The van der Waals surface area contributed by atoms with Crippen molar-refractivity contribution in [2.75, 3.05) is 47.5 Å². The molecule has 9 nitrogen and oxygen atoms in total. The number of ether oxygens (including phenoxy) is 2. The van der Waals surface area contributed by atoms with Gasteiger partial charge in [0.05, 0.1) is 27.7 Å². The first kappa shape index (κ1) is 87.7. The van der Waals surface area contributed by atoms with Gasteiger partial charge in [-0.1, -0.05) is 351 Å². The second-order valence-corrected chi connectivity index (χ2v) is 29.2. The van der Waals surface area contributed by atoms with Crippen molar-refractivity contribution in [2.24, 2.45) is 0 Å². The Hall–Kier alpha value is -2.29. The van der Waals surface area contributed by atoms with Crippen LogP contribution < -0.4 is 0 Å². The molecule has 0 fully saturated rings. The monoisotopic (exact) mass is 1290 g/mol. The number of likely N-dealkylation sites (N-methyl/N-ethyl adjacent to an activating group) is 1. The number of esters is 2. The maximum atomic E-state index is 12.9. The van der Waals surface area contributed by atoms with Crippen molar-refractivity contribution in [3.63, 3.8) is 0 Å². The van der Waals surface area contributed by atoms with Gasteiger partial charge in [0.1, 0.15) is 19.8 Å². The fourth-order valence-electron chi connectivity index (χ4n) is 11.5. The Morgan fingerprint density at radius 1 is 0.344 bits per heavy atom. The summed E-state index contributed by atoms with van der Waals surface area (Å²) in [6.07, 6.45) is 95.0. The predicted molar refractivity (Wildman–Crippen MR) is 390 cm³/mol. The lowest BCUT2D eigenvalue weighted by Gasteiger charge is -2.24. The molecule has 528 valence electrons.